The zero-order valence-corrected chi connectivity index (χ0v) is 10.5. The van der Waals surface area contributed by atoms with Gasteiger partial charge in [-0.3, -0.25) is 10.1 Å². The summed E-state index contributed by atoms with van der Waals surface area (Å²) in [5.74, 6) is 0. The van der Waals surface area contributed by atoms with Gasteiger partial charge in [-0.05, 0) is 28.5 Å². The van der Waals surface area contributed by atoms with E-state index in [1.165, 1.54) is 6.07 Å². The predicted molar refractivity (Wildman–Crippen MR) is 68.6 cm³/mol. The average Bonchev–Trinajstić information content (AvgIpc) is 2.88. The van der Waals surface area contributed by atoms with Gasteiger partial charge in [-0.25, -0.2) is 0 Å². The van der Waals surface area contributed by atoms with Crippen LogP contribution in [-0.4, -0.2) is 4.92 Å². The monoisotopic (exact) mass is 276 g/mol. The molecule has 0 radical (unpaired) electrons. The summed E-state index contributed by atoms with van der Waals surface area (Å²) >= 11 is 2.69. The highest BCUT2D eigenvalue weighted by Gasteiger charge is 2.16. The molecular weight excluding hydrogens is 268 g/mol. The van der Waals surface area contributed by atoms with Gasteiger partial charge in [0.25, 0.3) is 0 Å². The number of hydrogen-bond donors (Lipinski definition) is 1. The van der Waals surface area contributed by atoms with Gasteiger partial charge in [0.05, 0.1) is 11.0 Å². The molecule has 1 atom stereocenters. The SMILES string of the molecule is Cl.N[C@@H](c1ccsc1)c1ccc([N+](=O)[O-])s1. The smallest absolute Gasteiger partial charge is 0.320 e. The molecule has 0 unspecified atom stereocenters. The highest BCUT2D eigenvalue weighted by molar-refractivity contribution is 7.15. The van der Waals surface area contributed by atoms with Crippen LogP contribution in [-0.2, 0) is 0 Å². The van der Waals surface area contributed by atoms with Crippen LogP contribution in [0.2, 0.25) is 0 Å². The Bertz CT molecular complexity index is 470. The molecule has 86 valence electrons. The Morgan fingerprint density at radius 2 is 2.12 bits per heavy atom. The zero-order valence-electron chi connectivity index (χ0n) is 8.03. The van der Waals surface area contributed by atoms with Crippen molar-refractivity contribution in [2.24, 2.45) is 5.73 Å². The number of nitro groups is 1. The Hall–Kier alpha value is -0.950. The lowest BCUT2D eigenvalue weighted by Crippen LogP contribution is -2.08. The summed E-state index contributed by atoms with van der Waals surface area (Å²) in [6.07, 6.45) is 0. The number of hydrogen-bond acceptors (Lipinski definition) is 5. The van der Waals surface area contributed by atoms with Crippen molar-refractivity contribution in [3.05, 3.63) is 49.5 Å². The summed E-state index contributed by atoms with van der Waals surface area (Å²) in [7, 11) is 0. The summed E-state index contributed by atoms with van der Waals surface area (Å²) in [5.41, 5.74) is 6.97. The molecule has 0 aliphatic heterocycles. The lowest BCUT2D eigenvalue weighted by Gasteiger charge is -2.05. The van der Waals surface area contributed by atoms with E-state index in [4.69, 9.17) is 5.73 Å². The summed E-state index contributed by atoms with van der Waals surface area (Å²) < 4.78 is 0. The molecule has 16 heavy (non-hydrogen) atoms. The van der Waals surface area contributed by atoms with Crippen molar-refractivity contribution in [2.45, 2.75) is 6.04 Å². The van der Waals surface area contributed by atoms with Crippen molar-refractivity contribution in [2.75, 3.05) is 0 Å². The fourth-order valence-corrected chi connectivity index (χ4v) is 2.77. The van der Waals surface area contributed by atoms with Crippen molar-refractivity contribution < 1.29 is 4.92 Å². The topological polar surface area (TPSA) is 69.2 Å². The minimum absolute atomic E-state index is 0. The molecule has 0 bridgehead atoms. The second kappa shape index (κ2) is 5.40. The molecular formula is C9H9ClN2O2S2. The number of rotatable bonds is 3. The van der Waals surface area contributed by atoms with Gasteiger partial charge in [0, 0.05) is 10.9 Å². The lowest BCUT2D eigenvalue weighted by molar-refractivity contribution is -0.380. The van der Waals surface area contributed by atoms with E-state index in [9.17, 15) is 10.1 Å². The first-order valence-electron chi connectivity index (χ1n) is 4.20. The standard InChI is InChI=1S/C9H8N2O2S2.ClH/c10-9(6-3-4-14-5-6)7-1-2-8(15-7)11(12)13;/h1-5,9H,10H2;1H/t9-;/m0./s1. The second-order valence-electron chi connectivity index (χ2n) is 2.97. The Morgan fingerprint density at radius 3 is 2.62 bits per heavy atom. The Labute approximate surface area is 106 Å². The van der Waals surface area contributed by atoms with Gasteiger partial charge in [-0.2, -0.15) is 11.3 Å². The fraction of sp³-hybridized carbons (Fsp3) is 0.111. The largest absolute Gasteiger partial charge is 0.324 e. The predicted octanol–water partition coefficient (Wildman–Crippen LogP) is 3.19. The second-order valence-corrected chi connectivity index (χ2v) is 4.84. The maximum Gasteiger partial charge on any atom is 0.324 e. The molecule has 0 fully saturated rings. The van der Waals surface area contributed by atoms with Crippen LogP contribution in [0.5, 0.6) is 0 Å². The van der Waals surface area contributed by atoms with Crippen molar-refractivity contribution in [3.63, 3.8) is 0 Å². The lowest BCUT2D eigenvalue weighted by atomic mass is 10.1. The van der Waals surface area contributed by atoms with Crippen LogP contribution in [0.4, 0.5) is 5.00 Å². The van der Waals surface area contributed by atoms with E-state index in [0.717, 1.165) is 21.8 Å². The first-order valence-corrected chi connectivity index (χ1v) is 5.96. The van der Waals surface area contributed by atoms with E-state index >= 15 is 0 Å². The van der Waals surface area contributed by atoms with Gasteiger partial charge in [0.15, 0.2) is 0 Å². The molecule has 0 saturated heterocycles. The average molecular weight is 277 g/mol. The van der Waals surface area contributed by atoms with Crippen LogP contribution in [0.25, 0.3) is 0 Å². The van der Waals surface area contributed by atoms with Crippen molar-refractivity contribution in [1.82, 2.24) is 0 Å². The van der Waals surface area contributed by atoms with Crippen LogP contribution in [0.3, 0.4) is 0 Å². The van der Waals surface area contributed by atoms with Crippen LogP contribution >= 0.6 is 35.1 Å². The van der Waals surface area contributed by atoms with E-state index in [-0.39, 0.29) is 23.4 Å². The van der Waals surface area contributed by atoms with Crippen LogP contribution < -0.4 is 5.73 Å². The van der Waals surface area contributed by atoms with E-state index in [2.05, 4.69) is 0 Å². The number of thiophene rings is 2. The molecule has 4 nitrogen and oxygen atoms in total. The van der Waals surface area contributed by atoms with E-state index in [1.807, 2.05) is 16.8 Å². The molecule has 2 rings (SSSR count). The van der Waals surface area contributed by atoms with Gasteiger partial charge in [-0.15, -0.1) is 12.4 Å². The van der Waals surface area contributed by atoms with E-state index in [0.29, 0.717) is 0 Å². The van der Waals surface area contributed by atoms with Crippen molar-refractivity contribution in [3.8, 4) is 0 Å². The van der Waals surface area contributed by atoms with Crippen molar-refractivity contribution in [1.29, 1.82) is 0 Å². The minimum Gasteiger partial charge on any atom is -0.320 e. The Morgan fingerprint density at radius 1 is 1.38 bits per heavy atom. The van der Waals surface area contributed by atoms with E-state index in [1.54, 1.807) is 17.4 Å². The molecule has 0 amide bonds. The third-order valence-electron chi connectivity index (χ3n) is 2.00. The maximum absolute atomic E-state index is 10.5. The maximum atomic E-state index is 10.5. The molecule has 2 aromatic heterocycles. The number of nitrogens with two attached hydrogens (primary N) is 1. The molecule has 0 spiro atoms. The van der Waals surface area contributed by atoms with Gasteiger partial charge < -0.3 is 5.73 Å². The first-order chi connectivity index (χ1) is 7.18. The van der Waals surface area contributed by atoms with Gasteiger partial charge >= 0.3 is 5.00 Å². The van der Waals surface area contributed by atoms with Crippen LogP contribution in [0.1, 0.15) is 16.5 Å². The molecule has 0 aromatic carbocycles. The molecule has 0 saturated carbocycles. The normalized spacial score (nSPS) is 11.8. The van der Waals surface area contributed by atoms with Gasteiger partial charge in [-0.1, -0.05) is 11.3 Å². The summed E-state index contributed by atoms with van der Waals surface area (Å²) in [6.45, 7) is 0. The zero-order chi connectivity index (χ0) is 10.8. The van der Waals surface area contributed by atoms with Gasteiger partial charge in [0.1, 0.15) is 0 Å². The molecule has 2 aromatic rings. The molecule has 7 heteroatoms. The third-order valence-corrected chi connectivity index (χ3v) is 3.82. The fourth-order valence-electron chi connectivity index (χ4n) is 1.22. The summed E-state index contributed by atoms with van der Waals surface area (Å²) in [6, 6.07) is 4.88. The molecule has 2 heterocycles. The van der Waals surface area contributed by atoms with Crippen molar-refractivity contribution >= 4 is 40.1 Å². The summed E-state index contributed by atoms with van der Waals surface area (Å²) in [4.78, 5) is 10.9. The highest BCUT2D eigenvalue weighted by Crippen LogP contribution is 2.31. The highest BCUT2D eigenvalue weighted by atomic mass is 35.5. The third kappa shape index (κ3) is 2.59. The quantitative estimate of drug-likeness (QED) is 0.691. The molecule has 0 aliphatic carbocycles. The molecule has 0 aliphatic rings. The Kier molecular flexibility index (Phi) is 4.43. The minimum atomic E-state index is -0.394. The van der Waals surface area contributed by atoms with Crippen LogP contribution in [0.15, 0.2) is 29.0 Å². The number of halogens is 1. The van der Waals surface area contributed by atoms with E-state index < -0.39 is 4.92 Å². The van der Waals surface area contributed by atoms with Crippen LogP contribution in [0, 0.1) is 10.1 Å². The summed E-state index contributed by atoms with van der Waals surface area (Å²) in [5, 5.41) is 14.5. The Balaban J connectivity index is 0.00000128. The molecule has 2 N–H and O–H groups in total. The van der Waals surface area contributed by atoms with Gasteiger partial charge in [0.2, 0.25) is 0 Å². The number of nitrogens with zero attached hydrogens (tertiary/aromatic N) is 1. The first kappa shape index (κ1) is 13.1.